The lowest BCUT2D eigenvalue weighted by Gasteiger charge is -2.25. The van der Waals surface area contributed by atoms with Crippen LogP contribution in [0.1, 0.15) is 64.9 Å². The van der Waals surface area contributed by atoms with Crippen molar-refractivity contribution in [3.63, 3.8) is 0 Å². The maximum atomic E-state index is 13.6. The third-order valence-corrected chi connectivity index (χ3v) is 6.03. The first-order chi connectivity index (χ1) is 16.7. The lowest BCUT2D eigenvalue weighted by molar-refractivity contribution is -0.154. The molecule has 2 aromatic rings. The van der Waals surface area contributed by atoms with Crippen molar-refractivity contribution in [1.82, 2.24) is 4.90 Å². The van der Waals surface area contributed by atoms with E-state index in [1.54, 1.807) is 30.0 Å². The first-order valence-corrected chi connectivity index (χ1v) is 12.2. The minimum Gasteiger partial charge on any atom is -0.478 e. The largest absolute Gasteiger partial charge is 0.478 e. The third kappa shape index (κ3) is 8.85. The molecular formula is C27H36F2N2O4. The Morgan fingerprint density at radius 2 is 1.74 bits per heavy atom. The number of hydrogen-bond donors (Lipinski definition) is 2. The number of carbonyl (C=O) groups excluding carboxylic acids is 1. The lowest BCUT2D eigenvalue weighted by Crippen LogP contribution is -2.40. The van der Waals surface area contributed by atoms with Gasteiger partial charge in [-0.2, -0.15) is 0 Å². The zero-order valence-electron chi connectivity index (χ0n) is 20.8. The van der Waals surface area contributed by atoms with E-state index in [0.29, 0.717) is 31.7 Å². The number of carboxylic acid groups (broad SMARTS) is 1. The topological polar surface area (TPSA) is 78.9 Å². The number of carbonyl (C=O) groups is 2. The molecule has 0 bridgehead atoms. The second kappa shape index (κ2) is 13.7. The van der Waals surface area contributed by atoms with Gasteiger partial charge in [0.2, 0.25) is 5.60 Å². The molecule has 0 spiro atoms. The summed E-state index contributed by atoms with van der Waals surface area (Å²) in [5, 5.41) is 12.1. The molecule has 2 rings (SSSR count). The van der Waals surface area contributed by atoms with Crippen LogP contribution in [0.4, 0.5) is 19.3 Å². The Morgan fingerprint density at radius 1 is 1.00 bits per heavy atom. The van der Waals surface area contributed by atoms with E-state index in [-0.39, 0.29) is 11.7 Å². The number of unbranched alkanes of at least 4 members (excludes halogenated alkanes) is 4. The summed E-state index contributed by atoms with van der Waals surface area (Å²) in [6, 6.07) is 10.0. The second-order valence-electron chi connectivity index (χ2n) is 8.85. The van der Waals surface area contributed by atoms with E-state index in [1.807, 2.05) is 6.07 Å². The monoisotopic (exact) mass is 490 g/mol. The van der Waals surface area contributed by atoms with Crippen LogP contribution in [0.25, 0.3) is 0 Å². The smallest absolute Gasteiger partial charge is 0.347 e. The highest BCUT2D eigenvalue weighted by Gasteiger charge is 2.33. The quantitative estimate of drug-likeness (QED) is 0.291. The van der Waals surface area contributed by atoms with Gasteiger partial charge in [0.05, 0.1) is 0 Å². The zero-order valence-corrected chi connectivity index (χ0v) is 20.8. The number of ether oxygens (including phenoxy) is 1. The molecule has 1 unspecified atom stereocenters. The molecule has 192 valence electrons. The summed E-state index contributed by atoms with van der Waals surface area (Å²) in [5.74, 6) is -2.58. The highest BCUT2D eigenvalue weighted by atomic mass is 19.2. The summed E-state index contributed by atoms with van der Waals surface area (Å²) in [5.41, 5.74) is -0.247. The second-order valence-corrected chi connectivity index (χ2v) is 8.85. The molecule has 2 amide bonds. The van der Waals surface area contributed by atoms with Crippen molar-refractivity contribution in [2.24, 2.45) is 0 Å². The normalized spacial score (nSPS) is 12.6. The minimum atomic E-state index is -1.33. The fourth-order valence-electron chi connectivity index (χ4n) is 3.55. The Bertz CT molecular complexity index is 985. The van der Waals surface area contributed by atoms with E-state index in [4.69, 9.17) is 4.74 Å². The fourth-order valence-corrected chi connectivity index (χ4v) is 3.55. The first-order valence-electron chi connectivity index (χ1n) is 12.2. The van der Waals surface area contributed by atoms with Gasteiger partial charge in [0.25, 0.3) is 0 Å². The van der Waals surface area contributed by atoms with Gasteiger partial charge in [-0.3, -0.25) is 0 Å². The van der Waals surface area contributed by atoms with Crippen molar-refractivity contribution >= 4 is 17.7 Å². The number of halogens is 2. The van der Waals surface area contributed by atoms with E-state index >= 15 is 0 Å². The Labute approximate surface area is 206 Å². The van der Waals surface area contributed by atoms with Crippen molar-refractivity contribution in [3.8, 4) is 5.75 Å². The van der Waals surface area contributed by atoms with Gasteiger partial charge in [-0.15, -0.1) is 0 Å². The molecule has 6 nitrogen and oxygen atoms in total. The predicted molar refractivity (Wildman–Crippen MR) is 133 cm³/mol. The molecule has 0 fully saturated rings. The highest BCUT2D eigenvalue weighted by molar-refractivity contribution is 5.89. The number of anilines is 1. The number of rotatable bonds is 14. The Balaban J connectivity index is 2.07. The van der Waals surface area contributed by atoms with Crippen LogP contribution >= 0.6 is 0 Å². The van der Waals surface area contributed by atoms with E-state index in [2.05, 4.69) is 12.2 Å². The fraction of sp³-hybridized carbons (Fsp3) is 0.481. The number of carboxylic acids is 1. The maximum absolute atomic E-state index is 13.6. The molecule has 8 heteroatoms. The lowest BCUT2D eigenvalue weighted by atomic mass is 10.0. The molecule has 0 radical (unpaired) electrons. The maximum Gasteiger partial charge on any atom is 0.347 e. The van der Waals surface area contributed by atoms with E-state index in [9.17, 15) is 23.5 Å². The third-order valence-electron chi connectivity index (χ3n) is 6.03. The number of benzene rings is 2. The molecule has 0 aliphatic heterocycles. The molecule has 0 saturated heterocycles. The van der Waals surface area contributed by atoms with E-state index < -0.39 is 23.2 Å². The number of hydrogen-bond acceptors (Lipinski definition) is 3. The van der Waals surface area contributed by atoms with Gasteiger partial charge in [-0.25, -0.2) is 18.4 Å². The van der Waals surface area contributed by atoms with Crippen molar-refractivity contribution in [2.45, 2.75) is 71.3 Å². The van der Waals surface area contributed by atoms with Gasteiger partial charge >= 0.3 is 12.0 Å². The number of nitrogens with zero attached hydrogens (tertiary/aromatic N) is 1. The van der Waals surface area contributed by atoms with Gasteiger partial charge in [0.1, 0.15) is 5.75 Å². The number of urea groups is 1. The molecule has 0 aromatic heterocycles. The predicted octanol–water partition coefficient (Wildman–Crippen LogP) is 6.64. The molecule has 35 heavy (non-hydrogen) atoms. The zero-order chi connectivity index (χ0) is 25.8. The standard InChI is InChI=1S/C27H36F2N2O4/c1-4-6-7-8-9-16-31(26(34)30-21-13-14-23(28)24(29)19-21)17-15-20-11-10-12-22(18-20)35-27(3,5-2)25(32)33/h10-14,18-19H,4-9,15-17H2,1-3H3,(H,30,34)(H,32,33). The molecule has 0 heterocycles. The number of aliphatic carboxylic acids is 1. The van der Waals surface area contributed by atoms with Crippen LogP contribution in [0.15, 0.2) is 42.5 Å². The van der Waals surface area contributed by atoms with Crippen molar-refractivity contribution in [3.05, 3.63) is 59.7 Å². The molecule has 1 atom stereocenters. The molecule has 0 aliphatic rings. The number of amides is 2. The summed E-state index contributed by atoms with van der Waals surface area (Å²) >= 11 is 0. The van der Waals surface area contributed by atoms with Crippen molar-refractivity contribution in [1.29, 1.82) is 0 Å². The average molecular weight is 491 g/mol. The summed E-state index contributed by atoms with van der Waals surface area (Å²) in [6.07, 6.45) is 6.02. The Kier molecular flexibility index (Phi) is 11.0. The van der Waals surface area contributed by atoms with Crippen LogP contribution in [0.3, 0.4) is 0 Å². The summed E-state index contributed by atoms with van der Waals surface area (Å²) in [6.45, 7) is 6.35. The van der Waals surface area contributed by atoms with Crippen molar-refractivity contribution < 1.29 is 28.2 Å². The Hall–Kier alpha value is -3.16. The number of nitrogens with one attached hydrogen (secondary N) is 1. The minimum absolute atomic E-state index is 0.188. The SMILES string of the molecule is CCCCCCCN(CCc1cccc(OC(C)(CC)C(=O)O)c1)C(=O)Nc1ccc(F)c(F)c1. The molecular weight excluding hydrogens is 454 g/mol. The molecule has 0 saturated carbocycles. The van der Waals surface area contributed by atoms with Gasteiger partial charge in [0, 0.05) is 24.8 Å². The van der Waals surface area contributed by atoms with Gasteiger partial charge in [-0.05, 0) is 56.0 Å². The summed E-state index contributed by atoms with van der Waals surface area (Å²) in [4.78, 5) is 26.2. The van der Waals surface area contributed by atoms with Crippen molar-refractivity contribution in [2.75, 3.05) is 18.4 Å². The van der Waals surface area contributed by atoms with Crippen LogP contribution in [0, 0.1) is 11.6 Å². The Morgan fingerprint density at radius 3 is 2.40 bits per heavy atom. The van der Waals surface area contributed by atoms with Crippen LogP contribution in [-0.4, -0.2) is 40.7 Å². The van der Waals surface area contributed by atoms with E-state index in [1.165, 1.54) is 13.0 Å². The summed E-state index contributed by atoms with van der Waals surface area (Å²) < 4.78 is 32.5. The van der Waals surface area contributed by atoms with Crippen LogP contribution in [0.2, 0.25) is 0 Å². The van der Waals surface area contributed by atoms with Gasteiger partial charge < -0.3 is 20.1 Å². The molecule has 0 aliphatic carbocycles. The van der Waals surface area contributed by atoms with Gasteiger partial charge in [0.15, 0.2) is 11.6 Å². The molecule has 2 N–H and O–H groups in total. The van der Waals surface area contributed by atoms with E-state index in [0.717, 1.165) is 49.8 Å². The molecule has 2 aromatic carbocycles. The van der Waals surface area contributed by atoms with Crippen LogP contribution < -0.4 is 10.1 Å². The van der Waals surface area contributed by atoms with Crippen LogP contribution in [-0.2, 0) is 11.2 Å². The van der Waals surface area contributed by atoms with Crippen LogP contribution in [0.5, 0.6) is 5.75 Å². The first kappa shape index (κ1) is 28.1. The summed E-state index contributed by atoms with van der Waals surface area (Å²) in [7, 11) is 0. The highest BCUT2D eigenvalue weighted by Crippen LogP contribution is 2.23. The van der Waals surface area contributed by atoms with Gasteiger partial charge in [-0.1, -0.05) is 51.7 Å². The average Bonchev–Trinajstić information content (AvgIpc) is 2.83.